The molecule has 18 heavy (non-hydrogen) atoms. The van der Waals surface area contributed by atoms with Crippen LogP contribution in [0.4, 0.5) is 0 Å². The Balaban J connectivity index is 2.22. The lowest BCUT2D eigenvalue weighted by Crippen LogP contribution is -2.36. The predicted molar refractivity (Wildman–Crippen MR) is 64.0 cm³/mol. The number of aromatic hydroxyl groups is 2. The SMILES string of the molecule is CC1(CCC(=O)O)CCc2ccc(O)c(O)c2O1. The molecule has 5 heteroatoms. The van der Waals surface area contributed by atoms with Crippen LogP contribution >= 0.6 is 0 Å². The van der Waals surface area contributed by atoms with Crippen LogP contribution in [0.3, 0.4) is 0 Å². The molecule has 98 valence electrons. The molecule has 0 saturated heterocycles. The molecule has 0 saturated carbocycles. The molecule has 5 nitrogen and oxygen atoms in total. The van der Waals surface area contributed by atoms with E-state index in [-0.39, 0.29) is 23.7 Å². The second-order valence-electron chi connectivity index (χ2n) is 4.87. The molecule has 1 aliphatic heterocycles. The first-order valence-electron chi connectivity index (χ1n) is 5.86. The molecule has 1 aromatic rings. The monoisotopic (exact) mass is 252 g/mol. The van der Waals surface area contributed by atoms with Gasteiger partial charge in [0, 0.05) is 6.42 Å². The van der Waals surface area contributed by atoms with Gasteiger partial charge in [0.25, 0.3) is 0 Å². The first kappa shape index (κ1) is 12.5. The highest BCUT2D eigenvalue weighted by Crippen LogP contribution is 2.45. The van der Waals surface area contributed by atoms with Crippen LogP contribution in [0.1, 0.15) is 31.7 Å². The van der Waals surface area contributed by atoms with Crippen molar-refractivity contribution >= 4 is 5.97 Å². The fourth-order valence-electron chi connectivity index (χ4n) is 2.16. The summed E-state index contributed by atoms with van der Waals surface area (Å²) in [5.41, 5.74) is 0.217. The molecule has 0 bridgehead atoms. The van der Waals surface area contributed by atoms with Gasteiger partial charge in [-0.25, -0.2) is 0 Å². The summed E-state index contributed by atoms with van der Waals surface area (Å²) in [4.78, 5) is 10.6. The molecule has 1 heterocycles. The highest BCUT2D eigenvalue weighted by Gasteiger charge is 2.34. The van der Waals surface area contributed by atoms with Crippen LogP contribution in [0.15, 0.2) is 12.1 Å². The van der Waals surface area contributed by atoms with Gasteiger partial charge in [0.2, 0.25) is 5.75 Å². The van der Waals surface area contributed by atoms with Crippen LogP contribution in [0.2, 0.25) is 0 Å². The Hall–Kier alpha value is -1.91. The average molecular weight is 252 g/mol. The normalized spacial score (nSPS) is 22.1. The lowest BCUT2D eigenvalue weighted by molar-refractivity contribution is -0.138. The van der Waals surface area contributed by atoms with Gasteiger partial charge in [-0.05, 0) is 37.8 Å². The predicted octanol–water partition coefficient (Wildman–Crippen LogP) is 2.05. The van der Waals surface area contributed by atoms with Gasteiger partial charge in [0.15, 0.2) is 11.5 Å². The number of rotatable bonds is 3. The molecule has 2 rings (SSSR count). The minimum Gasteiger partial charge on any atom is -0.504 e. The second kappa shape index (κ2) is 4.40. The Morgan fingerprint density at radius 3 is 2.83 bits per heavy atom. The summed E-state index contributed by atoms with van der Waals surface area (Å²) < 4.78 is 5.71. The quantitative estimate of drug-likeness (QED) is 0.717. The molecule has 1 atom stereocenters. The first-order valence-corrected chi connectivity index (χ1v) is 5.86. The Bertz CT molecular complexity index is 483. The summed E-state index contributed by atoms with van der Waals surface area (Å²) in [6, 6.07) is 3.14. The molecule has 0 radical (unpaired) electrons. The van der Waals surface area contributed by atoms with Crippen molar-refractivity contribution in [3.63, 3.8) is 0 Å². The molecular formula is C13H16O5. The van der Waals surface area contributed by atoms with E-state index >= 15 is 0 Å². The van der Waals surface area contributed by atoms with Gasteiger partial charge in [-0.15, -0.1) is 0 Å². The van der Waals surface area contributed by atoms with E-state index in [1.54, 1.807) is 6.07 Å². The van der Waals surface area contributed by atoms with Gasteiger partial charge in [0.1, 0.15) is 5.60 Å². The minimum absolute atomic E-state index is 0.0193. The van der Waals surface area contributed by atoms with Crippen LogP contribution in [0.5, 0.6) is 17.2 Å². The number of aliphatic carboxylic acids is 1. The maximum absolute atomic E-state index is 10.6. The van der Waals surface area contributed by atoms with Gasteiger partial charge in [-0.2, -0.15) is 0 Å². The molecular weight excluding hydrogens is 236 g/mol. The highest BCUT2D eigenvalue weighted by atomic mass is 16.5. The zero-order valence-corrected chi connectivity index (χ0v) is 10.1. The summed E-state index contributed by atoms with van der Waals surface area (Å²) >= 11 is 0. The van der Waals surface area contributed by atoms with Gasteiger partial charge in [0.05, 0.1) is 0 Å². The van der Waals surface area contributed by atoms with Crippen LogP contribution in [0, 0.1) is 0 Å². The van der Waals surface area contributed by atoms with E-state index in [9.17, 15) is 15.0 Å². The summed E-state index contributed by atoms with van der Waals surface area (Å²) in [6.45, 7) is 1.82. The Morgan fingerprint density at radius 1 is 1.44 bits per heavy atom. The van der Waals surface area contributed by atoms with Crippen molar-refractivity contribution in [3.8, 4) is 17.2 Å². The maximum Gasteiger partial charge on any atom is 0.303 e. The van der Waals surface area contributed by atoms with E-state index in [4.69, 9.17) is 9.84 Å². The van der Waals surface area contributed by atoms with Crippen molar-refractivity contribution in [3.05, 3.63) is 17.7 Å². The number of carboxylic acid groups (broad SMARTS) is 1. The topological polar surface area (TPSA) is 87.0 Å². The summed E-state index contributed by atoms with van der Waals surface area (Å²) in [5, 5.41) is 27.9. The van der Waals surface area contributed by atoms with E-state index in [2.05, 4.69) is 0 Å². The molecule has 1 aliphatic rings. The Kier molecular flexibility index (Phi) is 3.07. The Labute approximate surface area is 105 Å². The van der Waals surface area contributed by atoms with E-state index in [0.29, 0.717) is 19.3 Å². The minimum atomic E-state index is -0.870. The lowest BCUT2D eigenvalue weighted by Gasteiger charge is -2.35. The van der Waals surface area contributed by atoms with E-state index in [0.717, 1.165) is 5.56 Å². The van der Waals surface area contributed by atoms with Gasteiger partial charge < -0.3 is 20.1 Å². The largest absolute Gasteiger partial charge is 0.504 e. The number of carbonyl (C=O) groups is 1. The van der Waals surface area contributed by atoms with E-state index in [1.807, 2.05) is 6.92 Å². The standard InChI is InChI=1S/C13H16O5/c1-13(7-5-10(15)16)6-4-8-2-3-9(14)11(17)12(8)18-13/h2-3,14,17H,4-7H2,1H3,(H,15,16). The molecule has 0 amide bonds. The molecule has 0 aliphatic carbocycles. The smallest absolute Gasteiger partial charge is 0.303 e. The number of fused-ring (bicyclic) bond motifs is 1. The van der Waals surface area contributed by atoms with Gasteiger partial charge >= 0.3 is 5.97 Å². The highest BCUT2D eigenvalue weighted by molar-refractivity contribution is 5.66. The number of carboxylic acids is 1. The van der Waals surface area contributed by atoms with Crippen LogP contribution < -0.4 is 4.74 Å². The van der Waals surface area contributed by atoms with Crippen LogP contribution in [-0.2, 0) is 11.2 Å². The Morgan fingerprint density at radius 2 is 2.17 bits per heavy atom. The molecule has 0 aromatic heterocycles. The number of aryl methyl sites for hydroxylation is 1. The number of phenols is 2. The maximum atomic E-state index is 10.6. The fraction of sp³-hybridized carbons (Fsp3) is 0.462. The van der Waals surface area contributed by atoms with Gasteiger partial charge in [-0.3, -0.25) is 4.79 Å². The summed E-state index contributed by atoms with van der Waals surface area (Å²) in [7, 11) is 0. The number of hydrogen-bond donors (Lipinski definition) is 3. The van der Waals surface area contributed by atoms with Crippen molar-refractivity contribution in [2.45, 2.75) is 38.2 Å². The fourth-order valence-corrected chi connectivity index (χ4v) is 2.16. The van der Waals surface area contributed by atoms with Crippen LogP contribution in [0.25, 0.3) is 0 Å². The molecule has 1 unspecified atom stereocenters. The number of ether oxygens (including phenoxy) is 1. The van der Waals surface area contributed by atoms with Crippen LogP contribution in [-0.4, -0.2) is 26.9 Å². The first-order chi connectivity index (χ1) is 8.41. The molecule has 0 spiro atoms. The molecule has 3 N–H and O–H groups in total. The van der Waals surface area contributed by atoms with Gasteiger partial charge in [-0.1, -0.05) is 6.07 Å². The second-order valence-corrected chi connectivity index (χ2v) is 4.87. The van der Waals surface area contributed by atoms with Crippen molar-refractivity contribution in [2.75, 3.05) is 0 Å². The lowest BCUT2D eigenvalue weighted by atomic mass is 9.88. The number of benzene rings is 1. The number of phenolic OH excluding ortho intramolecular Hbond substituents is 2. The molecule has 1 aromatic carbocycles. The third kappa shape index (κ3) is 2.34. The van der Waals surface area contributed by atoms with Crippen molar-refractivity contribution < 1.29 is 24.9 Å². The van der Waals surface area contributed by atoms with Crippen molar-refractivity contribution in [2.24, 2.45) is 0 Å². The number of hydrogen-bond acceptors (Lipinski definition) is 4. The van der Waals surface area contributed by atoms with Crippen molar-refractivity contribution in [1.29, 1.82) is 0 Å². The van der Waals surface area contributed by atoms with Crippen molar-refractivity contribution in [1.82, 2.24) is 0 Å². The third-order valence-corrected chi connectivity index (χ3v) is 3.33. The zero-order valence-electron chi connectivity index (χ0n) is 10.1. The van der Waals surface area contributed by atoms with E-state index < -0.39 is 11.6 Å². The molecule has 0 fully saturated rings. The summed E-state index contributed by atoms with van der Waals surface area (Å²) in [5.74, 6) is -1.09. The summed E-state index contributed by atoms with van der Waals surface area (Å²) in [6.07, 6.45) is 1.78. The average Bonchev–Trinajstić information content (AvgIpc) is 2.32. The zero-order chi connectivity index (χ0) is 13.3. The van der Waals surface area contributed by atoms with E-state index in [1.165, 1.54) is 6.07 Å². The third-order valence-electron chi connectivity index (χ3n) is 3.33.